The van der Waals surface area contributed by atoms with Gasteiger partial charge in [-0.3, -0.25) is 19.7 Å². The number of ether oxygens (including phenoxy) is 1. The van der Waals surface area contributed by atoms with Crippen molar-refractivity contribution in [3.8, 4) is 0 Å². The first-order chi connectivity index (χ1) is 19.6. The average Bonchev–Trinajstić information content (AvgIpc) is 3.42. The summed E-state index contributed by atoms with van der Waals surface area (Å²) in [6, 6.07) is 9.54. The van der Waals surface area contributed by atoms with E-state index in [0.717, 1.165) is 60.5 Å². The second-order valence-corrected chi connectivity index (χ2v) is 10.6. The van der Waals surface area contributed by atoms with Crippen LogP contribution in [0.4, 0.5) is 32.0 Å². The van der Waals surface area contributed by atoms with Gasteiger partial charge >= 0.3 is 18.3 Å². The van der Waals surface area contributed by atoms with Crippen LogP contribution in [0, 0.1) is 11.8 Å². The summed E-state index contributed by atoms with van der Waals surface area (Å²) in [5.74, 6) is -5.74. The number of hydrogen-bond donors (Lipinski definition) is 1. The number of amides is 2. The van der Waals surface area contributed by atoms with Crippen LogP contribution < -0.4 is 10.2 Å². The quantitative estimate of drug-likeness (QED) is 0.210. The largest absolute Gasteiger partial charge is 0.468 e. The number of benzene rings is 3. The number of nitrogens with one attached hydrogen (secondary N) is 1. The van der Waals surface area contributed by atoms with Crippen molar-refractivity contribution in [1.82, 2.24) is 5.32 Å². The molecule has 14 heteroatoms. The van der Waals surface area contributed by atoms with E-state index in [2.05, 4.69) is 5.32 Å². The van der Waals surface area contributed by atoms with E-state index in [1.807, 2.05) is 0 Å². The van der Waals surface area contributed by atoms with Crippen LogP contribution in [0.25, 0.3) is 0 Å². The molecule has 3 aromatic rings. The highest BCUT2D eigenvalue weighted by molar-refractivity contribution is 6.38. The van der Waals surface area contributed by atoms with E-state index >= 15 is 0 Å². The number of alkyl halides is 6. The second-order valence-electron chi connectivity index (χ2n) is 9.71. The Labute approximate surface area is 244 Å². The van der Waals surface area contributed by atoms with Crippen LogP contribution in [-0.2, 0) is 37.0 Å². The molecule has 0 radical (unpaired) electrons. The van der Waals surface area contributed by atoms with Gasteiger partial charge in [-0.15, -0.1) is 0 Å². The van der Waals surface area contributed by atoms with Gasteiger partial charge in [-0.25, -0.2) is 4.90 Å². The van der Waals surface area contributed by atoms with E-state index in [1.54, 1.807) is 0 Å². The molecule has 42 heavy (non-hydrogen) atoms. The lowest BCUT2D eigenvalue weighted by Crippen LogP contribution is -2.52. The fraction of sp³-hybridized carbons (Fsp3) is 0.250. The number of nitrogens with zero attached hydrogens (tertiary/aromatic N) is 1. The minimum atomic E-state index is -4.72. The van der Waals surface area contributed by atoms with Crippen molar-refractivity contribution in [2.75, 3.05) is 12.0 Å². The molecule has 2 heterocycles. The van der Waals surface area contributed by atoms with Gasteiger partial charge in [-0.05, 0) is 53.6 Å². The van der Waals surface area contributed by atoms with Crippen LogP contribution in [0.15, 0.2) is 66.7 Å². The number of methoxy groups -OCH3 is 1. The average molecular weight is 631 g/mol. The minimum absolute atomic E-state index is 0.0122. The van der Waals surface area contributed by atoms with Gasteiger partial charge in [0.25, 0.3) is 0 Å². The van der Waals surface area contributed by atoms with Crippen LogP contribution in [-0.4, -0.2) is 30.9 Å². The number of anilines is 1. The van der Waals surface area contributed by atoms with E-state index < -0.39 is 64.7 Å². The fourth-order valence-electron chi connectivity index (χ4n) is 5.68. The van der Waals surface area contributed by atoms with Crippen LogP contribution in [0.5, 0.6) is 0 Å². The van der Waals surface area contributed by atoms with Crippen LogP contribution in [0.2, 0.25) is 10.0 Å². The molecule has 0 saturated carbocycles. The molecule has 2 aliphatic heterocycles. The highest BCUT2D eigenvalue weighted by atomic mass is 35.5. The number of imide groups is 1. The summed E-state index contributed by atoms with van der Waals surface area (Å²) in [6.07, 6.45) is -9.44. The normalized spacial score (nSPS) is 21.9. The van der Waals surface area contributed by atoms with Crippen molar-refractivity contribution in [3.05, 3.63) is 99.0 Å². The van der Waals surface area contributed by atoms with E-state index in [-0.39, 0.29) is 26.9 Å². The van der Waals surface area contributed by atoms with Crippen LogP contribution in [0.1, 0.15) is 22.3 Å². The number of halogens is 8. The summed E-state index contributed by atoms with van der Waals surface area (Å²) < 4.78 is 85.3. The van der Waals surface area contributed by atoms with Crippen molar-refractivity contribution in [2.45, 2.75) is 23.9 Å². The van der Waals surface area contributed by atoms with Gasteiger partial charge in [-0.1, -0.05) is 47.5 Å². The summed E-state index contributed by atoms with van der Waals surface area (Å²) >= 11 is 12.3. The second kappa shape index (κ2) is 10.3. The zero-order valence-corrected chi connectivity index (χ0v) is 22.7. The number of fused-ring (bicyclic) bond motifs is 1. The van der Waals surface area contributed by atoms with E-state index in [4.69, 9.17) is 27.9 Å². The lowest BCUT2D eigenvalue weighted by Gasteiger charge is -2.36. The van der Waals surface area contributed by atoms with E-state index in [0.29, 0.717) is 0 Å². The smallest absolute Gasteiger partial charge is 0.416 e. The first-order valence-corrected chi connectivity index (χ1v) is 12.9. The van der Waals surface area contributed by atoms with E-state index in [9.17, 15) is 40.7 Å². The molecule has 0 aliphatic carbocycles. The summed E-state index contributed by atoms with van der Waals surface area (Å²) in [5.41, 5.74) is -4.10. The van der Waals surface area contributed by atoms with E-state index in [1.165, 1.54) is 18.2 Å². The SMILES string of the molecule is COC(=O)[C@@H]1NC(c2ccc(C(F)(F)F)cc2)(c2ccc(C(F)(F)F)cc2)[C@H]2C(=O)N(c3ccc(Cl)cc3Cl)C(=O)[C@@H]12. The van der Waals surface area contributed by atoms with Gasteiger partial charge in [0, 0.05) is 5.02 Å². The third-order valence-electron chi connectivity index (χ3n) is 7.50. The van der Waals surface area contributed by atoms with Gasteiger partial charge < -0.3 is 4.74 Å². The predicted octanol–water partition coefficient (Wildman–Crippen LogP) is 6.23. The predicted molar refractivity (Wildman–Crippen MR) is 139 cm³/mol. The minimum Gasteiger partial charge on any atom is -0.468 e. The first kappa shape index (κ1) is 29.9. The standard InChI is InChI=1S/C28H18Cl2F6N2O4/c1-42-25(41)22-20-21(24(40)38(23(20)39)19-11-10-17(29)12-18(19)30)26(37-22,13-2-6-15(7-3-13)27(31,32)33)14-4-8-16(9-5-14)28(34,35)36/h2-12,20-22,37H,1H3/t20-,21-,22-/m1/s1. The van der Waals surface area contributed by atoms with Gasteiger partial charge in [-0.2, -0.15) is 26.3 Å². The molecule has 0 spiro atoms. The van der Waals surface area contributed by atoms with Gasteiger partial charge in [0.05, 0.1) is 46.3 Å². The lowest BCUT2D eigenvalue weighted by atomic mass is 9.71. The third kappa shape index (κ3) is 4.71. The van der Waals surface area contributed by atoms with Crippen LogP contribution >= 0.6 is 23.2 Å². The number of carbonyl (C=O) groups excluding carboxylic acids is 3. The maximum Gasteiger partial charge on any atom is 0.416 e. The Morgan fingerprint density at radius 2 is 1.33 bits per heavy atom. The zero-order valence-electron chi connectivity index (χ0n) is 21.2. The molecule has 2 aliphatic rings. The molecule has 5 rings (SSSR count). The number of carbonyl (C=O) groups is 3. The van der Waals surface area contributed by atoms with Crippen molar-refractivity contribution in [1.29, 1.82) is 0 Å². The Morgan fingerprint density at radius 1 is 0.833 bits per heavy atom. The molecule has 220 valence electrons. The Bertz CT molecular complexity index is 1520. The topological polar surface area (TPSA) is 75.7 Å². The Hall–Kier alpha value is -3.61. The molecule has 0 unspecified atom stereocenters. The summed E-state index contributed by atoms with van der Waals surface area (Å²) in [6.45, 7) is 0. The number of rotatable bonds is 4. The molecule has 2 saturated heterocycles. The molecule has 1 N–H and O–H groups in total. The molecule has 6 nitrogen and oxygen atoms in total. The lowest BCUT2D eigenvalue weighted by molar-refractivity contribution is -0.145. The Balaban J connectivity index is 1.76. The molecule has 0 bridgehead atoms. The maximum absolute atomic E-state index is 14.2. The summed E-state index contributed by atoms with van der Waals surface area (Å²) in [5, 5.41) is 3.02. The molecule has 2 fully saturated rings. The molecular formula is C28H18Cl2F6N2O4. The zero-order chi connectivity index (χ0) is 30.8. The third-order valence-corrected chi connectivity index (χ3v) is 8.04. The molecule has 3 atom stereocenters. The van der Waals surface area contributed by atoms with Crippen LogP contribution in [0.3, 0.4) is 0 Å². The van der Waals surface area contributed by atoms with Crippen molar-refractivity contribution >= 4 is 46.7 Å². The molecule has 0 aromatic heterocycles. The molecular weight excluding hydrogens is 613 g/mol. The van der Waals surface area contributed by atoms with Gasteiger partial charge in [0.1, 0.15) is 6.04 Å². The van der Waals surface area contributed by atoms with Gasteiger partial charge in [0.2, 0.25) is 11.8 Å². The summed E-state index contributed by atoms with van der Waals surface area (Å²) in [4.78, 5) is 41.7. The Morgan fingerprint density at radius 3 is 1.76 bits per heavy atom. The summed E-state index contributed by atoms with van der Waals surface area (Å²) in [7, 11) is 1.03. The molecule has 2 amide bonds. The molecule has 3 aromatic carbocycles. The van der Waals surface area contributed by atoms with Crippen molar-refractivity contribution in [3.63, 3.8) is 0 Å². The highest BCUT2D eigenvalue weighted by Crippen LogP contribution is 2.53. The first-order valence-electron chi connectivity index (χ1n) is 12.1. The van der Waals surface area contributed by atoms with Crippen molar-refractivity contribution < 1.29 is 45.5 Å². The number of esters is 1. The fourth-order valence-corrected chi connectivity index (χ4v) is 6.17. The number of hydrogen-bond acceptors (Lipinski definition) is 5. The maximum atomic E-state index is 14.2. The highest BCUT2D eigenvalue weighted by Gasteiger charge is 2.68. The van der Waals surface area contributed by atoms with Gasteiger partial charge in [0.15, 0.2) is 0 Å². The Kier molecular flexibility index (Phi) is 7.31. The van der Waals surface area contributed by atoms with Crippen molar-refractivity contribution in [2.24, 2.45) is 11.8 Å². The monoisotopic (exact) mass is 630 g/mol.